The van der Waals surface area contributed by atoms with Crippen molar-refractivity contribution in [1.82, 2.24) is 15.1 Å². The Morgan fingerprint density at radius 3 is 2.57 bits per heavy atom. The predicted molar refractivity (Wildman–Crippen MR) is 185 cm³/mol. The number of likely N-dealkylation sites (tertiary alicyclic amines) is 1. The van der Waals surface area contributed by atoms with E-state index in [-0.39, 0.29) is 37.4 Å². The Morgan fingerprint density at radius 2 is 1.90 bits per heavy atom. The van der Waals surface area contributed by atoms with Gasteiger partial charge in [-0.25, -0.2) is 0 Å². The Labute approximate surface area is 291 Å². The molecule has 7 atom stereocenters. The number of aliphatic hydroxyl groups excluding tert-OH is 1. The Morgan fingerprint density at radius 1 is 1.14 bits per heavy atom. The highest BCUT2D eigenvalue weighted by Crippen LogP contribution is 2.59. The number of hydrogen-bond donors (Lipinski definition) is 2. The van der Waals surface area contributed by atoms with Crippen LogP contribution in [-0.4, -0.2) is 102 Å². The lowest BCUT2D eigenvalue weighted by molar-refractivity contribution is -0.163. The number of rotatable bonds is 22. The molecule has 0 unspecified atom stereocenters. The topological polar surface area (TPSA) is 135 Å². The summed E-state index contributed by atoms with van der Waals surface area (Å²) in [5.74, 6) is -3.05. The molecular weight excluding hydrogens is 626 g/mol. The molecule has 3 heterocycles. The molecule has 11 heteroatoms. The van der Waals surface area contributed by atoms with Crippen LogP contribution in [0.5, 0.6) is 0 Å². The van der Waals surface area contributed by atoms with Gasteiger partial charge in [0.25, 0.3) is 0 Å². The second-order valence-corrected chi connectivity index (χ2v) is 13.4. The van der Waals surface area contributed by atoms with Crippen LogP contribution in [0.3, 0.4) is 0 Å². The van der Waals surface area contributed by atoms with Gasteiger partial charge in [-0.15, -0.1) is 13.2 Å². The summed E-state index contributed by atoms with van der Waals surface area (Å²) in [6.07, 6.45) is 8.26. The summed E-state index contributed by atoms with van der Waals surface area (Å²) in [6, 6.07) is 7.61. The van der Waals surface area contributed by atoms with Crippen LogP contribution in [0.1, 0.15) is 82.8 Å². The van der Waals surface area contributed by atoms with Crippen LogP contribution in [0.4, 0.5) is 0 Å². The maximum absolute atomic E-state index is 14.5. The first kappa shape index (κ1) is 38.3. The lowest BCUT2D eigenvalue weighted by Crippen LogP contribution is -2.56. The number of allylic oxidation sites excluding steroid dienone is 1. The quantitative estimate of drug-likeness (QED) is 0.106. The van der Waals surface area contributed by atoms with E-state index in [1.54, 1.807) is 22.0 Å². The van der Waals surface area contributed by atoms with Crippen LogP contribution in [0.25, 0.3) is 0 Å². The second kappa shape index (κ2) is 18.5. The van der Waals surface area contributed by atoms with E-state index in [9.17, 15) is 24.3 Å². The number of aliphatic hydroxyl groups is 1. The molecule has 0 aliphatic carbocycles. The predicted octanol–water partition coefficient (Wildman–Crippen LogP) is 4.11. The number of benzene rings is 1. The third-order valence-corrected chi connectivity index (χ3v) is 10.1. The minimum absolute atomic E-state index is 0.0844. The molecule has 3 aliphatic heterocycles. The van der Waals surface area contributed by atoms with E-state index in [4.69, 9.17) is 14.2 Å². The Kier molecular flexibility index (Phi) is 14.4. The van der Waals surface area contributed by atoms with Gasteiger partial charge in [0.2, 0.25) is 17.7 Å². The largest absolute Gasteiger partial charge is 0.455 e. The first-order valence-electron chi connectivity index (χ1n) is 17.9. The van der Waals surface area contributed by atoms with Gasteiger partial charge in [0.15, 0.2) is 0 Å². The maximum Gasteiger partial charge on any atom is 0.313 e. The lowest BCUT2D eigenvalue weighted by atomic mass is 9.70. The van der Waals surface area contributed by atoms with Gasteiger partial charge < -0.3 is 34.4 Å². The Balaban J connectivity index is 1.66. The van der Waals surface area contributed by atoms with Crippen molar-refractivity contribution in [3.63, 3.8) is 0 Å². The fourth-order valence-corrected chi connectivity index (χ4v) is 7.78. The summed E-state index contributed by atoms with van der Waals surface area (Å²) >= 11 is 0. The van der Waals surface area contributed by atoms with Crippen molar-refractivity contribution in [1.29, 1.82) is 0 Å². The zero-order chi connectivity index (χ0) is 35.4. The van der Waals surface area contributed by atoms with Gasteiger partial charge in [-0.1, -0.05) is 68.7 Å². The lowest BCUT2D eigenvalue weighted by Gasteiger charge is -2.37. The van der Waals surface area contributed by atoms with Crippen LogP contribution in [-0.2, 0) is 33.4 Å². The summed E-state index contributed by atoms with van der Waals surface area (Å²) in [4.78, 5) is 59.5. The molecule has 1 aromatic rings. The molecule has 3 fully saturated rings. The fourth-order valence-electron chi connectivity index (χ4n) is 7.78. The molecule has 1 aromatic carbocycles. The number of amides is 3. The molecule has 2 N–H and O–H groups in total. The summed E-state index contributed by atoms with van der Waals surface area (Å²) in [5, 5.41) is 12.2. The average molecular weight is 682 g/mol. The van der Waals surface area contributed by atoms with Gasteiger partial charge in [0, 0.05) is 39.8 Å². The number of nitrogens with one attached hydrogen (secondary N) is 1. The molecule has 0 saturated carbocycles. The third kappa shape index (κ3) is 8.61. The van der Waals surface area contributed by atoms with Crippen molar-refractivity contribution in [3.05, 3.63) is 61.2 Å². The maximum atomic E-state index is 14.5. The van der Waals surface area contributed by atoms with Crippen molar-refractivity contribution in [2.45, 2.75) is 101 Å². The number of fused-ring (bicyclic) bond motifs is 1. The second-order valence-electron chi connectivity index (χ2n) is 13.4. The van der Waals surface area contributed by atoms with E-state index >= 15 is 0 Å². The highest BCUT2D eigenvalue weighted by Gasteiger charge is 2.75. The molecule has 4 rings (SSSR count). The number of methoxy groups -OCH3 is 1. The van der Waals surface area contributed by atoms with Crippen molar-refractivity contribution in [2.75, 3.05) is 40.0 Å². The molecule has 3 saturated heterocycles. The molecule has 1 spiro atoms. The summed E-state index contributed by atoms with van der Waals surface area (Å²) in [7, 11) is 1.52. The van der Waals surface area contributed by atoms with E-state index in [0.29, 0.717) is 57.3 Å². The summed E-state index contributed by atoms with van der Waals surface area (Å²) < 4.78 is 18.4. The molecule has 0 aromatic heterocycles. The number of carbonyl (C=O) groups is 4. The molecule has 49 heavy (non-hydrogen) atoms. The van der Waals surface area contributed by atoms with Gasteiger partial charge in [-0.3, -0.25) is 19.2 Å². The number of nitrogens with zero attached hydrogens (tertiary/aromatic N) is 2. The molecule has 2 bridgehead atoms. The molecular formula is C38H55N3O8. The average Bonchev–Trinajstić information content (AvgIpc) is 3.75. The Hall–Kier alpha value is -3.54. The molecule has 0 radical (unpaired) electrons. The van der Waals surface area contributed by atoms with Crippen LogP contribution in [0.15, 0.2) is 55.6 Å². The number of ether oxygens (including phenoxy) is 3. The highest BCUT2D eigenvalue weighted by molar-refractivity contribution is 5.98. The van der Waals surface area contributed by atoms with Gasteiger partial charge in [-0.05, 0) is 44.1 Å². The van der Waals surface area contributed by atoms with Crippen molar-refractivity contribution >= 4 is 23.7 Å². The smallest absolute Gasteiger partial charge is 0.313 e. The standard InChI is InChI=1S/C38H55N3O8/c1-5-8-19-30(43)39-28(26-47-4)33(27-17-13-12-14-18-27)48-37(46)31-29-20-21-38(49-29)32(31)35(44)41(24-15-10-11-16-25-42)34(38)36(45)40(22-7-3)23-9-6-2/h5,7,12-14,17-18,28-29,31-34,42H,1,3,6,8-11,15-16,19-26H2,2,4H3,(H,39,43)/t28-,29-,31+,32+,33-,34-,38+/m1/s1. The third-order valence-electron chi connectivity index (χ3n) is 10.1. The number of hydrogen-bond acceptors (Lipinski definition) is 8. The molecule has 3 amide bonds. The SMILES string of the molecule is C=CCCC(=O)N[C@H](COC)[C@H](OC(=O)[C@@H]1[C@H]2C(=O)N(CCCCCCO)[C@H](C(=O)N(CC=C)CCCC)[C@]23CC[C@H]1O3)c1ccccc1. The first-order valence-corrected chi connectivity index (χ1v) is 17.9. The van der Waals surface area contributed by atoms with Crippen molar-refractivity contribution in [2.24, 2.45) is 11.8 Å². The fraction of sp³-hybridized carbons (Fsp3) is 0.632. The number of unbranched alkanes of at least 4 members (excludes halogenated alkanes) is 4. The van der Waals surface area contributed by atoms with Crippen LogP contribution in [0.2, 0.25) is 0 Å². The van der Waals surface area contributed by atoms with E-state index in [2.05, 4.69) is 25.4 Å². The zero-order valence-electron chi connectivity index (χ0n) is 29.2. The number of esters is 1. The monoisotopic (exact) mass is 681 g/mol. The van der Waals surface area contributed by atoms with Crippen LogP contribution >= 0.6 is 0 Å². The minimum atomic E-state index is -1.15. The van der Waals surface area contributed by atoms with Gasteiger partial charge in [0.1, 0.15) is 17.7 Å². The van der Waals surface area contributed by atoms with E-state index in [1.165, 1.54) is 7.11 Å². The number of carbonyl (C=O) groups excluding carboxylic acids is 4. The molecule has 270 valence electrons. The van der Waals surface area contributed by atoms with Gasteiger partial charge in [0.05, 0.1) is 30.6 Å². The first-order chi connectivity index (χ1) is 23.8. The summed E-state index contributed by atoms with van der Waals surface area (Å²) in [6.45, 7) is 11.0. The highest BCUT2D eigenvalue weighted by atomic mass is 16.6. The van der Waals surface area contributed by atoms with E-state index < -0.39 is 47.7 Å². The molecule has 11 nitrogen and oxygen atoms in total. The summed E-state index contributed by atoms with van der Waals surface area (Å²) in [5.41, 5.74) is -0.473. The van der Waals surface area contributed by atoms with Gasteiger partial charge in [-0.2, -0.15) is 0 Å². The van der Waals surface area contributed by atoms with E-state index in [1.807, 2.05) is 30.3 Å². The van der Waals surface area contributed by atoms with Gasteiger partial charge >= 0.3 is 5.97 Å². The Bertz CT molecular complexity index is 1290. The van der Waals surface area contributed by atoms with E-state index in [0.717, 1.165) is 25.7 Å². The minimum Gasteiger partial charge on any atom is -0.455 e. The van der Waals surface area contributed by atoms with Crippen LogP contribution < -0.4 is 5.32 Å². The van der Waals surface area contributed by atoms with Crippen molar-refractivity contribution in [3.8, 4) is 0 Å². The zero-order valence-corrected chi connectivity index (χ0v) is 29.2. The normalized spacial score (nSPS) is 25.0. The molecule has 3 aliphatic rings. The van der Waals surface area contributed by atoms with Crippen LogP contribution in [0, 0.1) is 11.8 Å². The van der Waals surface area contributed by atoms with Crippen molar-refractivity contribution < 1.29 is 38.5 Å².